The SMILES string of the molecule is COc1cc(/C=C2\SC(=Nc3ccccc3C)N(c3ccccc3C)C2=O)cc(OC)c1OC. The Morgan fingerprint density at radius 3 is 2.06 bits per heavy atom. The van der Waals surface area contributed by atoms with Crippen molar-refractivity contribution in [3.63, 3.8) is 0 Å². The molecule has 1 heterocycles. The molecule has 0 unspecified atom stereocenters. The van der Waals surface area contributed by atoms with E-state index in [0.29, 0.717) is 27.3 Å². The summed E-state index contributed by atoms with van der Waals surface area (Å²) < 4.78 is 16.4. The molecule has 0 atom stereocenters. The van der Waals surface area contributed by atoms with Crippen LogP contribution in [-0.2, 0) is 4.79 Å². The molecule has 0 radical (unpaired) electrons. The summed E-state index contributed by atoms with van der Waals surface area (Å²) in [7, 11) is 4.69. The Kier molecular flexibility index (Phi) is 6.93. The van der Waals surface area contributed by atoms with Crippen molar-refractivity contribution in [2.45, 2.75) is 13.8 Å². The molecular weight excluding hydrogens is 448 g/mol. The molecule has 3 aromatic carbocycles. The van der Waals surface area contributed by atoms with Crippen molar-refractivity contribution in [2.75, 3.05) is 26.2 Å². The number of rotatable bonds is 6. The molecule has 1 aliphatic heterocycles. The molecule has 0 N–H and O–H groups in total. The van der Waals surface area contributed by atoms with Gasteiger partial charge < -0.3 is 14.2 Å². The molecule has 4 rings (SSSR count). The van der Waals surface area contributed by atoms with Gasteiger partial charge in [0.05, 0.1) is 37.6 Å². The molecular formula is C27H26N2O4S. The number of para-hydroxylation sites is 2. The van der Waals surface area contributed by atoms with Crippen LogP contribution >= 0.6 is 11.8 Å². The van der Waals surface area contributed by atoms with E-state index in [2.05, 4.69) is 0 Å². The van der Waals surface area contributed by atoms with Gasteiger partial charge in [0.25, 0.3) is 5.91 Å². The van der Waals surface area contributed by atoms with Crippen LogP contribution in [0, 0.1) is 13.8 Å². The summed E-state index contributed by atoms with van der Waals surface area (Å²) in [5.41, 5.74) is 4.41. The molecule has 0 bridgehead atoms. The second kappa shape index (κ2) is 10.1. The Bertz CT molecular complexity index is 1270. The fourth-order valence-corrected chi connectivity index (χ4v) is 4.69. The van der Waals surface area contributed by atoms with E-state index >= 15 is 0 Å². The molecule has 0 aromatic heterocycles. The highest BCUT2D eigenvalue weighted by molar-refractivity contribution is 8.19. The molecule has 1 saturated heterocycles. The lowest BCUT2D eigenvalue weighted by atomic mass is 10.1. The van der Waals surface area contributed by atoms with Crippen LogP contribution in [0.4, 0.5) is 11.4 Å². The van der Waals surface area contributed by atoms with E-state index in [1.807, 2.05) is 80.6 Å². The molecule has 174 valence electrons. The van der Waals surface area contributed by atoms with Gasteiger partial charge >= 0.3 is 0 Å². The van der Waals surface area contributed by atoms with Crippen LogP contribution in [0.3, 0.4) is 0 Å². The summed E-state index contributed by atoms with van der Waals surface area (Å²) in [5.74, 6) is 1.41. The number of anilines is 1. The zero-order chi connectivity index (χ0) is 24.2. The number of ether oxygens (including phenoxy) is 3. The third-order valence-electron chi connectivity index (χ3n) is 5.48. The van der Waals surface area contributed by atoms with Crippen LogP contribution in [0.2, 0.25) is 0 Å². The van der Waals surface area contributed by atoms with Crippen LogP contribution in [0.25, 0.3) is 6.08 Å². The molecule has 1 aliphatic rings. The number of nitrogens with zero attached hydrogens (tertiary/aromatic N) is 2. The van der Waals surface area contributed by atoms with Crippen molar-refractivity contribution < 1.29 is 19.0 Å². The van der Waals surface area contributed by atoms with Crippen molar-refractivity contribution in [3.8, 4) is 17.2 Å². The van der Waals surface area contributed by atoms with Gasteiger partial charge in [-0.15, -0.1) is 0 Å². The number of hydrogen-bond acceptors (Lipinski definition) is 6. The maximum atomic E-state index is 13.6. The lowest BCUT2D eigenvalue weighted by Crippen LogP contribution is -2.29. The first kappa shape index (κ1) is 23.4. The quantitative estimate of drug-likeness (QED) is 0.402. The van der Waals surface area contributed by atoms with E-state index < -0.39 is 0 Å². The van der Waals surface area contributed by atoms with Gasteiger partial charge in [0.15, 0.2) is 16.7 Å². The predicted molar refractivity (Wildman–Crippen MR) is 139 cm³/mol. The van der Waals surface area contributed by atoms with Gasteiger partial charge in [0.2, 0.25) is 5.75 Å². The van der Waals surface area contributed by atoms with Gasteiger partial charge in [-0.2, -0.15) is 0 Å². The van der Waals surface area contributed by atoms with Crippen LogP contribution < -0.4 is 19.1 Å². The number of aliphatic imine (C=N–C) groups is 1. The van der Waals surface area contributed by atoms with Gasteiger partial charge in [-0.1, -0.05) is 36.4 Å². The number of carbonyl (C=O) groups excluding carboxylic acids is 1. The highest BCUT2D eigenvalue weighted by Gasteiger charge is 2.35. The smallest absolute Gasteiger partial charge is 0.271 e. The Hall–Kier alpha value is -3.71. The topological polar surface area (TPSA) is 60.4 Å². The molecule has 6 nitrogen and oxygen atoms in total. The van der Waals surface area contributed by atoms with Gasteiger partial charge in [-0.3, -0.25) is 9.69 Å². The summed E-state index contributed by atoms with van der Waals surface area (Å²) in [4.78, 5) is 20.7. The largest absolute Gasteiger partial charge is 0.493 e. The lowest BCUT2D eigenvalue weighted by Gasteiger charge is -2.18. The second-order valence-electron chi connectivity index (χ2n) is 7.68. The molecule has 0 saturated carbocycles. The van der Waals surface area contributed by atoms with Crippen molar-refractivity contribution >= 4 is 40.3 Å². The Labute approximate surface area is 203 Å². The minimum atomic E-state index is -0.139. The van der Waals surface area contributed by atoms with Gasteiger partial charge in [0.1, 0.15) is 0 Å². The van der Waals surface area contributed by atoms with E-state index in [9.17, 15) is 4.79 Å². The third kappa shape index (κ3) is 4.52. The molecule has 0 aliphatic carbocycles. The Morgan fingerprint density at radius 2 is 1.47 bits per heavy atom. The Balaban J connectivity index is 1.83. The van der Waals surface area contributed by atoms with Crippen molar-refractivity contribution in [3.05, 3.63) is 82.3 Å². The van der Waals surface area contributed by atoms with Gasteiger partial charge in [-0.25, -0.2) is 4.99 Å². The minimum Gasteiger partial charge on any atom is -0.493 e. The number of amidine groups is 1. The number of benzene rings is 3. The highest BCUT2D eigenvalue weighted by atomic mass is 32.2. The second-order valence-corrected chi connectivity index (χ2v) is 8.69. The lowest BCUT2D eigenvalue weighted by molar-refractivity contribution is -0.113. The minimum absolute atomic E-state index is 0.139. The predicted octanol–water partition coefficient (Wildman–Crippen LogP) is 6.14. The average molecular weight is 475 g/mol. The van der Waals surface area contributed by atoms with E-state index in [1.165, 1.54) is 11.8 Å². The molecule has 1 fully saturated rings. The van der Waals surface area contributed by atoms with Gasteiger partial charge in [0, 0.05) is 0 Å². The first-order chi connectivity index (χ1) is 16.5. The van der Waals surface area contributed by atoms with E-state index in [-0.39, 0.29) is 5.91 Å². The number of amides is 1. The number of thioether (sulfide) groups is 1. The van der Waals surface area contributed by atoms with E-state index in [0.717, 1.165) is 28.1 Å². The fraction of sp³-hybridized carbons (Fsp3) is 0.185. The van der Waals surface area contributed by atoms with Crippen molar-refractivity contribution in [1.29, 1.82) is 0 Å². The molecule has 7 heteroatoms. The summed E-state index contributed by atoms with van der Waals surface area (Å²) >= 11 is 1.34. The third-order valence-corrected chi connectivity index (χ3v) is 6.45. The highest BCUT2D eigenvalue weighted by Crippen LogP contribution is 2.42. The zero-order valence-electron chi connectivity index (χ0n) is 19.8. The number of aryl methyl sites for hydroxylation is 2. The van der Waals surface area contributed by atoms with Crippen LogP contribution in [0.1, 0.15) is 16.7 Å². The Morgan fingerprint density at radius 1 is 0.853 bits per heavy atom. The normalized spacial score (nSPS) is 15.8. The monoisotopic (exact) mass is 474 g/mol. The van der Waals surface area contributed by atoms with Crippen molar-refractivity contribution in [1.82, 2.24) is 0 Å². The van der Waals surface area contributed by atoms with Gasteiger partial charge in [-0.05, 0) is 72.6 Å². The van der Waals surface area contributed by atoms with Crippen LogP contribution in [0.5, 0.6) is 17.2 Å². The number of carbonyl (C=O) groups is 1. The molecule has 1 amide bonds. The van der Waals surface area contributed by atoms with Crippen LogP contribution in [0.15, 0.2) is 70.6 Å². The molecule has 34 heavy (non-hydrogen) atoms. The first-order valence-corrected chi connectivity index (χ1v) is 11.5. The summed E-state index contributed by atoms with van der Waals surface area (Å²) in [6.07, 6.45) is 1.82. The maximum Gasteiger partial charge on any atom is 0.271 e. The maximum absolute atomic E-state index is 13.6. The standard InChI is InChI=1S/C27H26N2O4S/c1-17-10-6-8-12-20(17)28-27-29(21-13-9-7-11-18(21)2)26(30)24(34-27)16-19-14-22(31-3)25(33-5)23(15-19)32-4/h6-16H,1-5H3/b24-16-,28-27?. The number of hydrogen-bond donors (Lipinski definition) is 0. The van der Waals surface area contributed by atoms with Crippen molar-refractivity contribution in [2.24, 2.45) is 4.99 Å². The fourth-order valence-electron chi connectivity index (χ4n) is 3.70. The summed E-state index contributed by atoms with van der Waals surface area (Å²) in [6, 6.07) is 19.3. The number of methoxy groups -OCH3 is 3. The first-order valence-electron chi connectivity index (χ1n) is 10.7. The molecule has 0 spiro atoms. The zero-order valence-corrected chi connectivity index (χ0v) is 20.6. The average Bonchev–Trinajstić information content (AvgIpc) is 3.14. The van der Waals surface area contributed by atoms with E-state index in [1.54, 1.807) is 26.2 Å². The summed E-state index contributed by atoms with van der Waals surface area (Å²) in [5, 5.41) is 0.604. The van der Waals surface area contributed by atoms with E-state index in [4.69, 9.17) is 19.2 Å². The summed E-state index contributed by atoms with van der Waals surface area (Å²) in [6.45, 7) is 3.99. The molecule has 3 aromatic rings. The van der Waals surface area contributed by atoms with Crippen LogP contribution in [-0.4, -0.2) is 32.4 Å².